The zero-order valence-corrected chi connectivity index (χ0v) is 10.1. The summed E-state index contributed by atoms with van der Waals surface area (Å²) in [6.45, 7) is 0.868. The van der Waals surface area contributed by atoms with Gasteiger partial charge in [-0.1, -0.05) is 0 Å². The van der Waals surface area contributed by atoms with E-state index in [2.05, 4.69) is 10.3 Å². The molecule has 3 rings (SSSR count). The lowest BCUT2D eigenvalue weighted by atomic mass is 9.82. The van der Waals surface area contributed by atoms with Crippen molar-refractivity contribution in [2.24, 2.45) is 5.92 Å². The van der Waals surface area contributed by atoms with Gasteiger partial charge in [0, 0.05) is 18.1 Å². The maximum Gasteiger partial charge on any atom is 0.0724 e. The number of aliphatic hydroxyl groups is 1. The molecule has 2 aromatic rings. The average molecular weight is 243 g/mol. The number of pyridine rings is 1. The molecule has 1 saturated carbocycles. The molecule has 1 fully saturated rings. The van der Waals surface area contributed by atoms with Gasteiger partial charge in [-0.2, -0.15) is 0 Å². The van der Waals surface area contributed by atoms with Gasteiger partial charge in [0.25, 0.3) is 0 Å². The van der Waals surface area contributed by atoms with Gasteiger partial charge >= 0.3 is 0 Å². The van der Waals surface area contributed by atoms with Gasteiger partial charge in [-0.3, -0.25) is 4.98 Å². The second-order valence-electron chi connectivity index (χ2n) is 4.97. The summed E-state index contributed by atoms with van der Waals surface area (Å²) in [7, 11) is 0. The van der Waals surface area contributed by atoms with Crippen molar-refractivity contribution in [3.05, 3.63) is 30.5 Å². The topological polar surface area (TPSA) is 71.2 Å². The Hall–Kier alpha value is -1.81. The number of nitrogens with one attached hydrogen (secondary N) is 1. The minimum atomic E-state index is -0.102. The summed E-state index contributed by atoms with van der Waals surface area (Å²) in [4.78, 5) is 4.27. The zero-order chi connectivity index (χ0) is 12.5. The Kier molecular flexibility index (Phi) is 2.80. The van der Waals surface area contributed by atoms with Crippen molar-refractivity contribution in [3.8, 4) is 0 Å². The number of nitrogens with two attached hydrogens (primary N) is 1. The molecule has 4 nitrogen and oxygen atoms in total. The minimum absolute atomic E-state index is 0.102. The smallest absolute Gasteiger partial charge is 0.0724 e. The summed E-state index contributed by atoms with van der Waals surface area (Å²) < 4.78 is 0. The SMILES string of the molecule is Nc1c(NCC2CC(O)C2)ccc2ncccc12. The van der Waals surface area contributed by atoms with Gasteiger partial charge in [0.05, 0.1) is 23.0 Å². The molecule has 1 heterocycles. The van der Waals surface area contributed by atoms with Crippen LogP contribution in [0, 0.1) is 5.92 Å². The lowest BCUT2D eigenvalue weighted by molar-refractivity contribution is 0.0487. The molecule has 18 heavy (non-hydrogen) atoms. The fourth-order valence-corrected chi connectivity index (χ4v) is 2.45. The molecular weight excluding hydrogens is 226 g/mol. The van der Waals surface area contributed by atoms with E-state index in [4.69, 9.17) is 5.73 Å². The number of hydrogen-bond acceptors (Lipinski definition) is 4. The highest BCUT2D eigenvalue weighted by atomic mass is 16.3. The first-order valence-electron chi connectivity index (χ1n) is 6.29. The van der Waals surface area contributed by atoms with Crippen LogP contribution in [0.2, 0.25) is 0 Å². The predicted octanol–water partition coefficient (Wildman–Crippen LogP) is 2.00. The van der Waals surface area contributed by atoms with E-state index in [-0.39, 0.29) is 6.10 Å². The summed E-state index contributed by atoms with van der Waals surface area (Å²) in [5.41, 5.74) is 8.76. The fraction of sp³-hybridized carbons (Fsp3) is 0.357. The number of aromatic nitrogens is 1. The zero-order valence-electron chi connectivity index (χ0n) is 10.1. The summed E-state index contributed by atoms with van der Waals surface area (Å²) in [5.74, 6) is 0.559. The Balaban J connectivity index is 1.77. The molecule has 0 aliphatic heterocycles. The van der Waals surface area contributed by atoms with Gasteiger partial charge in [0.15, 0.2) is 0 Å². The minimum Gasteiger partial charge on any atom is -0.397 e. The Morgan fingerprint density at radius 2 is 2.17 bits per heavy atom. The maximum absolute atomic E-state index is 9.25. The first kappa shape index (κ1) is 11.3. The Labute approximate surface area is 106 Å². The van der Waals surface area contributed by atoms with E-state index >= 15 is 0 Å². The number of anilines is 2. The van der Waals surface area contributed by atoms with E-state index in [1.807, 2.05) is 24.3 Å². The maximum atomic E-state index is 9.25. The van der Waals surface area contributed by atoms with Crippen molar-refractivity contribution in [1.29, 1.82) is 0 Å². The number of nitrogens with zero attached hydrogens (tertiary/aromatic N) is 1. The Morgan fingerprint density at radius 3 is 2.94 bits per heavy atom. The highest BCUT2D eigenvalue weighted by Crippen LogP contribution is 2.30. The molecule has 0 saturated heterocycles. The van der Waals surface area contributed by atoms with Gasteiger partial charge in [-0.05, 0) is 43.0 Å². The molecule has 1 aliphatic rings. The average Bonchev–Trinajstić information content (AvgIpc) is 2.36. The molecule has 1 aromatic carbocycles. The number of hydrogen-bond donors (Lipinski definition) is 3. The van der Waals surface area contributed by atoms with Crippen molar-refractivity contribution < 1.29 is 5.11 Å². The Bertz CT molecular complexity index is 564. The summed E-state index contributed by atoms with van der Waals surface area (Å²) in [6.07, 6.45) is 3.45. The number of benzene rings is 1. The monoisotopic (exact) mass is 243 g/mol. The molecule has 1 aliphatic carbocycles. The van der Waals surface area contributed by atoms with Gasteiger partial charge in [-0.15, -0.1) is 0 Å². The standard InChI is InChI=1S/C14H17N3O/c15-14-11-2-1-5-16-12(11)3-4-13(14)17-8-9-6-10(18)7-9/h1-5,9-10,17-18H,6-8,15H2. The van der Waals surface area contributed by atoms with E-state index in [9.17, 15) is 5.11 Å². The number of nitrogen functional groups attached to an aromatic ring is 1. The van der Waals surface area contributed by atoms with E-state index < -0.39 is 0 Å². The molecule has 4 heteroatoms. The highest BCUT2D eigenvalue weighted by Gasteiger charge is 2.26. The lowest BCUT2D eigenvalue weighted by Gasteiger charge is -2.31. The van der Waals surface area contributed by atoms with Crippen LogP contribution < -0.4 is 11.1 Å². The fourth-order valence-electron chi connectivity index (χ4n) is 2.45. The van der Waals surface area contributed by atoms with Crippen LogP contribution in [0.1, 0.15) is 12.8 Å². The molecule has 0 bridgehead atoms. The third kappa shape index (κ3) is 1.99. The van der Waals surface area contributed by atoms with Crippen LogP contribution in [-0.4, -0.2) is 22.7 Å². The van der Waals surface area contributed by atoms with Crippen LogP contribution in [0.5, 0.6) is 0 Å². The molecule has 0 amide bonds. The van der Waals surface area contributed by atoms with Crippen LogP contribution in [0.4, 0.5) is 11.4 Å². The molecular formula is C14H17N3O. The summed E-state index contributed by atoms with van der Waals surface area (Å²) in [5, 5.41) is 13.6. The van der Waals surface area contributed by atoms with Gasteiger partial charge in [0.1, 0.15) is 0 Å². The van der Waals surface area contributed by atoms with Gasteiger partial charge in [0.2, 0.25) is 0 Å². The van der Waals surface area contributed by atoms with E-state index in [1.54, 1.807) is 6.20 Å². The first-order chi connectivity index (χ1) is 8.74. The molecule has 94 valence electrons. The van der Waals surface area contributed by atoms with E-state index in [0.717, 1.165) is 41.7 Å². The Morgan fingerprint density at radius 1 is 1.33 bits per heavy atom. The summed E-state index contributed by atoms with van der Waals surface area (Å²) >= 11 is 0. The third-order valence-corrected chi connectivity index (χ3v) is 3.62. The molecule has 0 atom stereocenters. The highest BCUT2D eigenvalue weighted by molar-refractivity contribution is 5.96. The lowest BCUT2D eigenvalue weighted by Crippen LogP contribution is -2.33. The van der Waals surface area contributed by atoms with Gasteiger partial charge < -0.3 is 16.2 Å². The predicted molar refractivity (Wildman–Crippen MR) is 73.4 cm³/mol. The van der Waals surface area contributed by atoms with Crippen LogP contribution >= 0.6 is 0 Å². The van der Waals surface area contributed by atoms with Crippen LogP contribution in [-0.2, 0) is 0 Å². The normalized spacial score (nSPS) is 22.7. The van der Waals surface area contributed by atoms with Crippen molar-refractivity contribution in [3.63, 3.8) is 0 Å². The van der Waals surface area contributed by atoms with Crippen molar-refractivity contribution in [2.45, 2.75) is 18.9 Å². The van der Waals surface area contributed by atoms with Crippen molar-refractivity contribution >= 4 is 22.3 Å². The third-order valence-electron chi connectivity index (χ3n) is 3.62. The number of fused-ring (bicyclic) bond motifs is 1. The van der Waals surface area contributed by atoms with Crippen LogP contribution in [0.15, 0.2) is 30.5 Å². The molecule has 1 aromatic heterocycles. The first-order valence-corrected chi connectivity index (χ1v) is 6.29. The van der Waals surface area contributed by atoms with Gasteiger partial charge in [-0.25, -0.2) is 0 Å². The second-order valence-corrected chi connectivity index (χ2v) is 4.97. The quantitative estimate of drug-likeness (QED) is 0.721. The molecule has 0 unspecified atom stereocenters. The molecule has 0 spiro atoms. The molecule has 0 radical (unpaired) electrons. The van der Waals surface area contributed by atoms with Crippen LogP contribution in [0.25, 0.3) is 10.9 Å². The number of aliphatic hydroxyl groups excluding tert-OH is 1. The molecule has 4 N–H and O–H groups in total. The van der Waals surface area contributed by atoms with Crippen LogP contribution in [0.3, 0.4) is 0 Å². The number of rotatable bonds is 3. The van der Waals surface area contributed by atoms with E-state index in [0.29, 0.717) is 5.92 Å². The largest absolute Gasteiger partial charge is 0.397 e. The summed E-state index contributed by atoms with van der Waals surface area (Å²) in [6, 6.07) is 7.82. The van der Waals surface area contributed by atoms with E-state index in [1.165, 1.54) is 0 Å². The van der Waals surface area contributed by atoms with Crippen molar-refractivity contribution in [2.75, 3.05) is 17.6 Å². The van der Waals surface area contributed by atoms with Crippen molar-refractivity contribution in [1.82, 2.24) is 4.98 Å². The second kappa shape index (κ2) is 4.46.